The lowest BCUT2D eigenvalue weighted by molar-refractivity contribution is -0.153. The summed E-state index contributed by atoms with van der Waals surface area (Å²) in [4.78, 5) is 15.0. The van der Waals surface area contributed by atoms with Crippen LogP contribution < -0.4 is 19.1 Å². The Morgan fingerprint density at radius 1 is 0.941 bits per heavy atom. The standard InChI is InChI=1S/C24H18F3NO6/c25-24(26,27)21-2-1-13(34-21)11-28-16-9-20-19(32-5-6-33-20)8-14(16)22(23(28)30)15-7-12-3-4-31-18(12)10-17(15)29/h1-2,7-10,22,29H,3-6,11H2. The molecular weight excluding hydrogens is 455 g/mol. The van der Waals surface area contributed by atoms with Crippen molar-refractivity contribution in [3.63, 3.8) is 0 Å². The molecule has 0 bridgehead atoms. The maximum Gasteiger partial charge on any atom is 0.449 e. The number of alkyl halides is 3. The highest BCUT2D eigenvalue weighted by Crippen LogP contribution is 2.50. The number of phenolic OH excluding ortho intramolecular Hbond substituents is 1. The Morgan fingerprint density at radius 3 is 2.41 bits per heavy atom. The van der Waals surface area contributed by atoms with Gasteiger partial charge in [0.15, 0.2) is 11.5 Å². The fraction of sp³-hybridized carbons (Fsp3) is 0.292. The molecule has 1 amide bonds. The van der Waals surface area contributed by atoms with Gasteiger partial charge in [0.05, 0.1) is 24.8 Å². The molecular formula is C24H18F3NO6. The zero-order valence-electron chi connectivity index (χ0n) is 17.6. The molecule has 0 radical (unpaired) electrons. The van der Waals surface area contributed by atoms with E-state index in [4.69, 9.17) is 18.6 Å². The summed E-state index contributed by atoms with van der Waals surface area (Å²) in [6.07, 6.45) is -3.98. The average Bonchev–Trinajstić information content (AvgIpc) is 3.51. The molecule has 3 aliphatic heterocycles. The molecule has 0 aliphatic carbocycles. The molecule has 0 saturated heterocycles. The van der Waals surface area contributed by atoms with Crippen LogP contribution in [0.2, 0.25) is 0 Å². The van der Waals surface area contributed by atoms with E-state index in [0.29, 0.717) is 60.3 Å². The Morgan fingerprint density at radius 2 is 1.68 bits per heavy atom. The Hall–Kier alpha value is -3.82. The van der Waals surface area contributed by atoms with Crippen molar-refractivity contribution in [1.29, 1.82) is 0 Å². The minimum atomic E-state index is -4.63. The molecule has 0 fully saturated rings. The van der Waals surface area contributed by atoms with Crippen LogP contribution in [0.25, 0.3) is 0 Å². The highest BCUT2D eigenvalue weighted by atomic mass is 19.4. The molecule has 34 heavy (non-hydrogen) atoms. The number of benzene rings is 2. The third-order valence-electron chi connectivity index (χ3n) is 6.21. The van der Waals surface area contributed by atoms with Crippen molar-refractivity contribution in [2.75, 3.05) is 24.7 Å². The summed E-state index contributed by atoms with van der Waals surface area (Å²) in [7, 11) is 0. The van der Waals surface area contributed by atoms with Crippen molar-refractivity contribution >= 4 is 11.6 Å². The molecule has 10 heteroatoms. The highest BCUT2D eigenvalue weighted by molar-refractivity contribution is 6.07. The number of halogens is 3. The van der Waals surface area contributed by atoms with Crippen molar-refractivity contribution in [3.05, 3.63) is 64.6 Å². The van der Waals surface area contributed by atoms with Gasteiger partial charge in [-0.25, -0.2) is 0 Å². The lowest BCUT2D eigenvalue weighted by atomic mass is 9.90. The van der Waals surface area contributed by atoms with E-state index in [-0.39, 0.29) is 18.1 Å². The fourth-order valence-electron chi connectivity index (χ4n) is 4.67. The zero-order valence-corrected chi connectivity index (χ0v) is 17.6. The predicted molar refractivity (Wildman–Crippen MR) is 111 cm³/mol. The van der Waals surface area contributed by atoms with Crippen LogP contribution >= 0.6 is 0 Å². The number of aromatic hydroxyl groups is 1. The lowest BCUT2D eigenvalue weighted by Crippen LogP contribution is -2.28. The average molecular weight is 473 g/mol. The number of rotatable bonds is 3. The van der Waals surface area contributed by atoms with E-state index in [1.807, 2.05) is 0 Å². The smallest absolute Gasteiger partial charge is 0.449 e. The van der Waals surface area contributed by atoms with Crippen LogP contribution in [-0.4, -0.2) is 30.8 Å². The maximum absolute atomic E-state index is 13.7. The van der Waals surface area contributed by atoms with Gasteiger partial charge in [0.1, 0.15) is 30.5 Å². The first-order valence-corrected chi connectivity index (χ1v) is 10.7. The van der Waals surface area contributed by atoms with Crippen molar-refractivity contribution in [2.24, 2.45) is 0 Å². The molecule has 4 heterocycles. The summed E-state index contributed by atoms with van der Waals surface area (Å²) >= 11 is 0. The number of carbonyl (C=O) groups is 1. The van der Waals surface area contributed by atoms with Gasteiger partial charge in [0.2, 0.25) is 11.7 Å². The van der Waals surface area contributed by atoms with Gasteiger partial charge in [0, 0.05) is 24.1 Å². The van der Waals surface area contributed by atoms with E-state index in [2.05, 4.69) is 0 Å². The Balaban J connectivity index is 1.45. The molecule has 1 N–H and O–H groups in total. The van der Waals surface area contributed by atoms with Gasteiger partial charge in [-0.2, -0.15) is 13.2 Å². The number of furan rings is 1. The summed E-state index contributed by atoms with van der Waals surface area (Å²) in [5.41, 5.74) is 2.29. The first-order valence-electron chi connectivity index (χ1n) is 10.7. The number of hydrogen-bond donors (Lipinski definition) is 1. The van der Waals surface area contributed by atoms with E-state index < -0.39 is 23.8 Å². The maximum atomic E-state index is 13.7. The molecule has 176 valence electrons. The predicted octanol–water partition coefficient (Wildman–Crippen LogP) is 4.39. The monoisotopic (exact) mass is 473 g/mol. The molecule has 3 aliphatic rings. The number of fused-ring (bicyclic) bond motifs is 3. The van der Waals surface area contributed by atoms with E-state index in [1.165, 1.54) is 17.0 Å². The van der Waals surface area contributed by atoms with Crippen LogP contribution in [0.3, 0.4) is 0 Å². The number of phenols is 1. The molecule has 3 aromatic rings. The Labute approximate surface area is 191 Å². The van der Waals surface area contributed by atoms with Crippen molar-refractivity contribution < 1.29 is 41.7 Å². The van der Waals surface area contributed by atoms with Crippen LogP contribution in [0, 0.1) is 0 Å². The molecule has 0 spiro atoms. The van der Waals surface area contributed by atoms with Crippen LogP contribution in [-0.2, 0) is 23.9 Å². The van der Waals surface area contributed by atoms with Gasteiger partial charge >= 0.3 is 6.18 Å². The van der Waals surface area contributed by atoms with Crippen LogP contribution in [0.5, 0.6) is 23.0 Å². The van der Waals surface area contributed by atoms with Crippen LogP contribution in [0.1, 0.15) is 34.1 Å². The van der Waals surface area contributed by atoms with Crippen molar-refractivity contribution in [3.8, 4) is 23.0 Å². The van der Waals surface area contributed by atoms with Crippen molar-refractivity contribution in [2.45, 2.75) is 25.1 Å². The largest absolute Gasteiger partial charge is 0.507 e. The molecule has 1 unspecified atom stereocenters. The number of hydrogen-bond acceptors (Lipinski definition) is 6. The second kappa shape index (κ2) is 7.34. The zero-order chi connectivity index (χ0) is 23.6. The lowest BCUT2D eigenvalue weighted by Gasteiger charge is -2.21. The summed E-state index contributed by atoms with van der Waals surface area (Å²) in [5, 5.41) is 10.7. The molecule has 1 atom stereocenters. The minimum Gasteiger partial charge on any atom is -0.507 e. The fourth-order valence-corrected chi connectivity index (χ4v) is 4.67. The number of anilines is 1. The van der Waals surface area contributed by atoms with E-state index in [0.717, 1.165) is 11.6 Å². The van der Waals surface area contributed by atoms with Gasteiger partial charge < -0.3 is 28.6 Å². The van der Waals surface area contributed by atoms with Gasteiger partial charge in [-0.05, 0) is 35.4 Å². The third kappa shape index (κ3) is 3.24. The number of carbonyl (C=O) groups excluding carboxylic acids is 1. The van der Waals surface area contributed by atoms with Gasteiger partial charge in [0.25, 0.3) is 0 Å². The second-order valence-corrected chi connectivity index (χ2v) is 8.29. The summed E-state index contributed by atoms with van der Waals surface area (Å²) in [5.74, 6) is -1.07. The van der Waals surface area contributed by atoms with E-state index in [9.17, 15) is 23.1 Å². The number of nitrogens with zero attached hydrogens (tertiary/aromatic N) is 1. The van der Waals surface area contributed by atoms with Crippen LogP contribution in [0.4, 0.5) is 18.9 Å². The second-order valence-electron chi connectivity index (χ2n) is 8.29. The molecule has 2 aromatic carbocycles. The van der Waals surface area contributed by atoms with Crippen LogP contribution in [0.15, 0.2) is 40.8 Å². The molecule has 0 saturated carbocycles. The van der Waals surface area contributed by atoms with E-state index in [1.54, 1.807) is 18.2 Å². The Kier molecular flexibility index (Phi) is 4.48. The minimum absolute atomic E-state index is 0.0197. The summed E-state index contributed by atoms with van der Waals surface area (Å²) in [6, 6.07) is 8.61. The van der Waals surface area contributed by atoms with Gasteiger partial charge in [-0.1, -0.05) is 0 Å². The normalized spacial score (nSPS) is 18.6. The summed E-state index contributed by atoms with van der Waals surface area (Å²) in [6.45, 7) is 0.954. The first kappa shape index (κ1) is 20.8. The first-order chi connectivity index (χ1) is 16.3. The van der Waals surface area contributed by atoms with Crippen molar-refractivity contribution in [1.82, 2.24) is 0 Å². The molecule has 1 aromatic heterocycles. The SMILES string of the molecule is O=C1C(c2cc3c(cc2O)OCC3)c2cc3c(cc2N1Cc1ccc(C(F)(F)F)o1)OCCO3. The quantitative estimate of drug-likeness (QED) is 0.608. The van der Waals surface area contributed by atoms with E-state index >= 15 is 0 Å². The third-order valence-corrected chi connectivity index (χ3v) is 6.21. The molecule has 6 rings (SSSR count). The number of ether oxygens (including phenoxy) is 3. The molecule has 7 nitrogen and oxygen atoms in total. The Bertz CT molecular complexity index is 1310. The topological polar surface area (TPSA) is 81.4 Å². The van der Waals surface area contributed by atoms with Gasteiger partial charge in [-0.3, -0.25) is 4.79 Å². The number of amides is 1. The van der Waals surface area contributed by atoms with Gasteiger partial charge in [-0.15, -0.1) is 0 Å². The summed E-state index contributed by atoms with van der Waals surface area (Å²) < 4.78 is 60.9. The highest BCUT2D eigenvalue weighted by Gasteiger charge is 2.42.